The van der Waals surface area contributed by atoms with Gasteiger partial charge in [-0.2, -0.15) is 0 Å². The van der Waals surface area contributed by atoms with Gasteiger partial charge >= 0.3 is 0 Å². The Hall–Kier alpha value is -1.35. The predicted octanol–water partition coefficient (Wildman–Crippen LogP) is 3.00. The molecule has 0 radical (unpaired) electrons. The number of rotatable bonds is 3. The number of allylic oxidation sites excluding steroid dienone is 1. The van der Waals surface area contributed by atoms with E-state index in [9.17, 15) is 9.59 Å². The fraction of sp³-hybridized carbons (Fsp3) is 0.167. The summed E-state index contributed by atoms with van der Waals surface area (Å²) in [4.78, 5) is 23.1. The molecule has 0 spiro atoms. The molecule has 0 aromatic heterocycles. The molecule has 0 aliphatic carbocycles. The zero-order chi connectivity index (χ0) is 11.4. The van der Waals surface area contributed by atoms with Crippen LogP contribution in [0.1, 0.15) is 22.8 Å². The third-order valence-corrected chi connectivity index (χ3v) is 2.86. The molecule has 0 atom stereocenters. The van der Waals surface area contributed by atoms with Crippen LogP contribution in [0.2, 0.25) is 0 Å². The van der Waals surface area contributed by atoms with Crippen LogP contribution >= 0.6 is 11.8 Å². The van der Waals surface area contributed by atoms with Crippen LogP contribution in [-0.2, 0) is 4.79 Å². The van der Waals surface area contributed by atoms with Gasteiger partial charge in [-0.05, 0) is 36.8 Å². The predicted molar refractivity (Wildman–Crippen MR) is 62.2 cm³/mol. The fourth-order valence-corrected chi connectivity index (χ4v) is 1.86. The van der Waals surface area contributed by atoms with Crippen molar-refractivity contribution in [1.82, 2.24) is 0 Å². The normalized spacial score (nSPS) is 9.73. The van der Waals surface area contributed by atoms with Crippen LogP contribution in [-0.4, -0.2) is 10.9 Å². The molecule has 0 N–H and O–H groups in total. The van der Waals surface area contributed by atoms with Crippen LogP contribution in [0, 0.1) is 6.92 Å². The summed E-state index contributed by atoms with van der Waals surface area (Å²) in [6.45, 7) is 6.83. The van der Waals surface area contributed by atoms with Gasteiger partial charge in [-0.25, -0.2) is 0 Å². The first-order valence-corrected chi connectivity index (χ1v) is 5.32. The van der Waals surface area contributed by atoms with Crippen LogP contribution in [0.15, 0.2) is 35.7 Å². The highest BCUT2D eigenvalue weighted by Crippen LogP contribution is 2.23. The SMILES string of the molecule is C=CC(=O)c1ccc(SC(C)=O)c(C)c1. The molecular formula is C12H12O2S. The van der Waals surface area contributed by atoms with Crippen molar-refractivity contribution < 1.29 is 9.59 Å². The highest BCUT2D eigenvalue weighted by Gasteiger charge is 2.06. The monoisotopic (exact) mass is 220 g/mol. The van der Waals surface area contributed by atoms with E-state index < -0.39 is 0 Å². The standard InChI is InChI=1S/C12H12O2S/c1-4-11(14)10-5-6-12(8(2)7-10)15-9(3)13/h4-7H,1H2,2-3H3. The van der Waals surface area contributed by atoms with Crippen LogP contribution in [0.4, 0.5) is 0 Å². The molecule has 78 valence electrons. The van der Waals surface area contributed by atoms with Crippen LogP contribution < -0.4 is 0 Å². The van der Waals surface area contributed by atoms with Crippen LogP contribution in [0.3, 0.4) is 0 Å². The number of aryl methyl sites for hydroxylation is 1. The maximum Gasteiger partial charge on any atom is 0.190 e. The highest BCUT2D eigenvalue weighted by atomic mass is 32.2. The summed E-state index contributed by atoms with van der Waals surface area (Å²) in [5, 5.41) is 0.0425. The fourth-order valence-electron chi connectivity index (χ4n) is 1.19. The summed E-state index contributed by atoms with van der Waals surface area (Å²) in [5.74, 6) is -0.0996. The second-order valence-corrected chi connectivity index (χ2v) is 4.36. The Kier molecular flexibility index (Phi) is 3.86. The van der Waals surface area contributed by atoms with Crippen LogP contribution in [0.25, 0.3) is 0 Å². The highest BCUT2D eigenvalue weighted by molar-refractivity contribution is 8.13. The quantitative estimate of drug-likeness (QED) is 0.446. The van der Waals surface area contributed by atoms with E-state index in [1.165, 1.54) is 24.8 Å². The number of carbonyl (C=O) groups excluding carboxylic acids is 2. The van der Waals surface area contributed by atoms with Crippen LogP contribution in [0.5, 0.6) is 0 Å². The molecule has 0 aliphatic heterocycles. The van der Waals surface area contributed by atoms with E-state index in [-0.39, 0.29) is 10.9 Å². The largest absolute Gasteiger partial charge is 0.289 e. The molecule has 0 fully saturated rings. The number of hydrogen-bond donors (Lipinski definition) is 0. The van der Waals surface area contributed by atoms with Gasteiger partial charge < -0.3 is 0 Å². The molecule has 0 aliphatic rings. The van der Waals surface area contributed by atoms with Gasteiger partial charge in [-0.1, -0.05) is 18.3 Å². The summed E-state index contributed by atoms with van der Waals surface area (Å²) in [6.07, 6.45) is 1.28. The second kappa shape index (κ2) is 4.94. The maximum atomic E-state index is 11.3. The van der Waals surface area contributed by atoms with Gasteiger partial charge in [-0.15, -0.1) is 0 Å². The van der Waals surface area contributed by atoms with E-state index in [2.05, 4.69) is 6.58 Å². The van der Waals surface area contributed by atoms with Crippen molar-refractivity contribution in [2.45, 2.75) is 18.7 Å². The van der Waals surface area contributed by atoms with Crippen molar-refractivity contribution in [3.63, 3.8) is 0 Å². The lowest BCUT2D eigenvalue weighted by atomic mass is 10.1. The van der Waals surface area contributed by atoms with E-state index in [1.807, 2.05) is 6.92 Å². The summed E-state index contributed by atoms with van der Waals surface area (Å²) in [6, 6.07) is 5.27. The molecule has 1 aromatic carbocycles. The average molecular weight is 220 g/mol. The Morgan fingerprint density at radius 1 is 1.40 bits per heavy atom. The molecule has 0 unspecified atom stereocenters. The minimum atomic E-state index is -0.0996. The molecule has 0 bridgehead atoms. The number of carbonyl (C=O) groups is 2. The lowest BCUT2D eigenvalue weighted by molar-refractivity contribution is -0.109. The number of thioether (sulfide) groups is 1. The van der Waals surface area contributed by atoms with E-state index in [4.69, 9.17) is 0 Å². The number of hydrogen-bond acceptors (Lipinski definition) is 3. The van der Waals surface area contributed by atoms with E-state index in [0.29, 0.717) is 5.56 Å². The molecule has 0 amide bonds. The van der Waals surface area contributed by atoms with Crippen molar-refractivity contribution in [2.24, 2.45) is 0 Å². The third kappa shape index (κ3) is 3.06. The molecule has 1 rings (SSSR count). The lowest BCUT2D eigenvalue weighted by Crippen LogP contribution is -1.95. The number of ketones is 1. The summed E-state index contributed by atoms with van der Waals surface area (Å²) in [7, 11) is 0. The van der Waals surface area contributed by atoms with Gasteiger partial charge in [0.2, 0.25) is 0 Å². The van der Waals surface area contributed by atoms with Gasteiger partial charge in [0, 0.05) is 17.4 Å². The van der Waals surface area contributed by atoms with Gasteiger partial charge in [-0.3, -0.25) is 9.59 Å². The zero-order valence-electron chi connectivity index (χ0n) is 8.74. The molecule has 0 saturated carbocycles. The maximum absolute atomic E-state index is 11.3. The molecule has 0 saturated heterocycles. The summed E-state index contributed by atoms with van der Waals surface area (Å²) >= 11 is 1.18. The lowest BCUT2D eigenvalue weighted by Gasteiger charge is -2.04. The Bertz CT molecular complexity index is 422. The first kappa shape index (κ1) is 11.7. The summed E-state index contributed by atoms with van der Waals surface area (Å²) in [5.41, 5.74) is 1.54. The number of benzene rings is 1. The third-order valence-electron chi connectivity index (χ3n) is 1.90. The van der Waals surface area contributed by atoms with Crippen molar-refractivity contribution in [3.05, 3.63) is 42.0 Å². The second-order valence-electron chi connectivity index (χ2n) is 3.14. The van der Waals surface area contributed by atoms with Gasteiger partial charge in [0.05, 0.1) is 0 Å². The summed E-state index contributed by atoms with van der Waals surface area (Å²) < 4.78 is 0. The van der Waals surface area contributed by atoms with Gasteiger partial charge in [0.1, 0.15) is 0 Å². The molecule has 2 nitrogen and oxygen atoms in total. The minimum Gasteiger partial charge on any atom is -0.289 e. The molecular weight excluding hydrogens is 208 g/mol. The van der Waals surface area contributed by atoms with Crippen molar-refractivity contribution in [3.8, 4) is 0 Å². The van der Waals surface area contributed by atoms with E-state index in [0.717, 1.165) is 10.5 Å². The first-order chi connectivity index (χ1) is 7.04. The zero-order valence-corrected chi connectivity index (χ0v) is 9.56. The van der Waals surface area contributed by atoms with Gasteiger partial charge in [0.15, 0.2) is 10.9 Å². The first-order valence-electron chi connectivity index (χ1n) is 4.50. The molecule has 3 heteroatoms. The Morgan fingerprint density at radius 2 is 2.07 bits per heavy atom. The average Bonchev–Trinajstić information content (AvgIpc) is 2.19. The molecule has 1 aromatic rings. The van der Waals surface area contributed by atoms with Crippen molar-refractivity contribution >= 4 is 22.7 Å². The Labute approximate surface area is 93.4 Å². The minimum absolute atomic E-state index is 0.0425. The van der Waals surface area contributed by atoms with E-state index >= 15 is 0 Å². The van der Waals surface area contributed by atoms with Crippen molar-refractivity contribution in [1.29, 1.82) is 0 Å². The molecule has 0 heterocycles. The van der Waals surface area contributed by atoms with Crippen molar-refractivity contribution in [2.75, 3.05) is 0 Å². The smallest absolute Gasteiger partial charge is 0.190 e. The molecule has 15 heavy (non-hydrogen) atoms. The Balaban J connectivity index is 3.02. The topological polar surface area (TPSA) is 34.1 Å². The van der Waals surface area contributed by atoms with Gasteiger partial charge in [0.25, 0.3) is 0 Å². The van der Waals surface area contributed by atoms with E-state index in [1.54, 1.807) is 18.2 Å². The Morgan fingerprint density at radius 3 is 2.53 bits per heavy atom.